The van der Waals surface area contributed by atoms with E-state index >= 15 is 0 Å². The Morgan fingerprint density at radius 3 is 0.644 bits per heavy atom. The Bertz CT molecular complexity index is 609. The van der Waals surface area contributed by atoms with Gasteiger partial charge in [-0.1, -0.05) is 168 Å². The Kier molecular flexibility index (Phi) is 39.1. The molecule has 0 aromatic carbocycles. The summed E-state index contributed by atoms with van der Waals surface area (Å²) in [6.07, 6.45) is 40.7. The van der Waals surface area contributed by atoms with Crippen LogP contribution in [0, 0.1) is 0 Å². The van der Waals surface area contributed by atoms with Gasteiger partial charge in [-0.2, -0.15) is 0 Å². The summed E-state index contributed by atoms with van der Waals surface area (Å²) in [5.41, 5.74) is 0. The van der Waals surface area contributed by atoms with Crippen LogP contribution in [0.4, 0.5) is 0 Å². The summed E-state index contributed by atoms with van der Waals surface area (Å²) in [4.78, 5) is 0. The van der Waals surface area contributed by atoms with E-state index in [9.17, 15) is 0 Å². The lowest BCUT2D eigenvalue weighted by Gasteiger charge is -2.23. The van der Waals surface area contributed by atoms with E-state index < -0.39 is 9.15 Å². The summed E-state index contributed by atoms with van der Waals surface area (Å²) < 4.78 is 28.9. The first-order valence-electron chi connectivity index (χ1n) is 19.4. The second-order valence-corrected chi connectivity index (χ2v) is 17.7. The fraction of sp³-hybridized carbons (Fsp3) is 1.00. The van der Waals surface area contributed by atoms with Gasteiger partial charge in [0, 0.05) is 0 Å². The van der Waals surface area contributed by atoms with Crippen molar-refractivity contribution in [3.05, 3.63) is 0 Å². The highest BCUT2D eigenvalue weighted by Gasteiger charge is 2.06. The number of hydrogen-bond acceptors (Lipinski definition) is 4. The SMILES string of the molecule is CCCCCCCCCCCCCCCC[N+](C)(C)C.CCCCCCCCCCCCCCCC[N+](C)(C)C.O=S(=O)([O-])[S-]. The predicted molar refractivity (Wildman–Crippen MR) is 203 cm³/mol. The molecule has 5 nitrogen and oxygen atoms in total. The normalized spacial score (nSPS) is 12.0. The maximum Gasteiger partial charge on any atom is 0.0780 e. The van der Waals surface area contributed by atoms with Crippen molar-refractivity contribution in [3.8, 4) is 0 Å². The molecular formula is C38H84N2O3S2. The molecule has 0 aromatic rings. The third kappa shape index (κ3) is 67.3. The van der Waals surface area contributed by atoms with Crippen LogP contribution in [0.2, 0.25) is 0 Å². The second-order valence-electron chi connectivity index (χ2n) is 15.6. The molecule has 0 atom stereocenters. The van der Waals surface area contributed by atoms with E-state index in [1.807, 2.05) is 0 Å². The van der Waals surface area contributed by atoms with Crippen LogP contribution >= 0.6 is 0 Å². The molecule has 0 saturated carbocycles. The van der Waals surface area contributed by atoms with Gasteiger partial charge in [0.05, 0.1) is 55.4 Å². The lowest BCUT2D eigenvalue weighted by Crippen LogP contribution is -2.35. The summed E-state index contributed by atoms with van der Waals surface area (Å²) in [7, 11) is 9.43. The molecule has 0 fully saturated rings. The van der Waals surface area contributed by atoms with E-state index in [0.717, 1.165) is 8.97 Å². The van der Waals surface area contributed by atoms with Gasteiger partial charge < -0.3 is 25.2 Å². The lowest BCUT2D eigenvalue weighted by molar-refractivity contribution is -0.870. The molecule has 0 aromatic heterocycles. The quantitative estimate of drug-likeness (QED) is 0.0249. The molecule has 0 aliphatic heterocycles. The van der Waals surface area contributed by atoms with Gasteiger partial charge in [-0.3, -0.25) is 8.42 Å². The molecule has 0 spiro atoms. The van der Waals surface area contributed by atoms with Crippen molar-refractivity contribution in [3.63, 3.8) is 0 Å². The highest BCUT2D eigenvalue weighted by molar-refractivity contribution is 8.50. The Morgan fingerprint density at radius 1 is 0.378 bits per heavy atom. The maximum absolute atomic E-state index is 8.89. The first-order chi connectivity index (χ1) is 21.1. The summed E-state index contributed by atoms with van der Waals surface area (Å²) in [6.45, 7) is 7.25. The van der Waals surface area contributed by atoms with Gasteiger partial charge in [-0.05, 0) is 34.8 Å². The van der Waals surface area contributed by atoms with Gasteiger partial charge in [0.2, 0.25) is 0 Å². The van der Waals surface area contributed by atoms with Gasteiger partial charge in [0.1, 0.15) is 0 Å². The zero-order valence-electron chi connectivity index (χ0n) is 32.1. The van der Waals surface area contributed by atoms with E-state index in [-0.39, 0.29) is 0 Å². The minimum atomic E-state index is -4.33. The summed E-state index contributed by atoms with van der Waals surface area (Å²) in [6, 6.07) is 0. The van der Waals surface area contributed by atoms with E-state index in [1.54, 1.807) is 0 Å². The molecule has 0 unspecified atom stereocenters. The molecule has 0 saturated heterocycles. The highest BCUT2D eigenvalue weighted by atomic mass is 33.1. The lowest BCUT2D eigenvalue weighted by atomic mass is 10.0. The van der Waals surface area contributed by atoms with Gasteiger partial charge in [-0.15, -0.1) is 0 Å². The molecule has 45 heavy (non-hydrogen) atoms. The molecule has 0 N–H and O–H groups in total. The largest absolute Gasteiger partial charge is 0.768 e. The van der Waals surface area contributed by atoms with Gasteiger partial charge in [0.15, 0.2) is 0 Å². The minimum Gasteiger partial charge on any atom is -0.768 e. The first-order valence-corrected chi connectivity index (χ1v) is 21.7. The van der Waals surface area contributed by atoms with Gasteiger partial charge in [-0.25, -0.2) is 0 Å². The number of rotatable bonds is 30. The molecule has 0 radical (unpaired) electrons. The third-order valence-electron chi connectivity index (χ3n) is 8.36. The molecule has 0 rings (SSSR count). The van der Waals surface area contributed by atoms with E-state index in [2.05, 4.69) is 67.8 Å². The molecule has 0 heterocycles. The molecule has 0 aliphatic carbocycles. The zero-order valence-corrected chi connectivity index (χ0v) is 33.8. The van der Waals surface area contributed by atoms with Crippen molar-refractivity contribution in [2.45, 2.75) is 194 Å². The van der Waals surface area contributed by atoms with Crippen LogP contribution in [0.15, 0.2) is 0 Å². The molecule has 0 amide bonds. The zero-order chi connectivity index (χ0) is 34.7. The maximum atomic E-state index is 8.89. The smallest absolute Gasteiger partial charge is 0.0780 e. The van der Waals surface area contributed by atoms with Crippen molar-refractivity contribution >= 4 is 20.8 Å². The van der Waals surface area contributed by atoms with Crippen molar-refractivity contribution in [1.82, 2.24) is 0 Å². The monoisotopic (exact) mass is 681 g/mol. The van der Waals surface area contributed by atoms with Crippen LogP contribution in [0.1, 0.15) is 194 Å². The van der Waals surface area contributed by atoms with E-state index in [1.165, 1.54) is 193 Å². The van der Waals surface area contributed by atoms with Crippen molar-refractivity contribution < 1.29 is 21.9 Å². The molecule has 0 aliphatic rings. The predicted octanol–water partition coefficient (Wildman–Crippen LogP) is 11.3. The summed E-state index contributed by atoms with van der Waals surface area (Å²) in [5, 5.41) is 0. The van der Waals surface area contributed by atoms with Crippen molar-refractivity contribution in [1.29, 1.82) is 0 Å². The molecule has 7 heteroatoms. The summed E-state index contributed by atoms with van der Waals surface area (Å²) >= 11 is 3.24. The Balaban J connectivity index is -0.000000680. The third-order valence-corrected chi connectivity index (χ3v) is 8.36. The fourth-order valence-corrected chi connectivity index (χ4v) is 5.56. The van der Waals surface area contributed by atoms with Gasteiger partial charge in [0.25, 0.3) is 0 Å². The van der Waals surface area contributed by atoms with E-state index in [4.69, 9.17) is 13.0 Å². The number of unbranched alkanes of at least 4 members (excludes halogenated alkanes) is 26. The van der Waals surface area contributed by atoms with Crippen molar-refractivity contribution in [2.24, 2.45) is 0 Å². The average Bonchev–Trinajstić information content (AvgIpc) is 2.92. The molecular weight excluding hydrogens is 597 g/mol. The molecule has 0 bridgehead atoms. The van der Waals surface area contributed by atoms with Crippen LogP contribution in [-0.2, 0) is 20.8 Å². The topological polar surface area (TPSA) is 57.2 Å². The number of hydrogen-bond donors (Lipinski definition) is 0. The van der Waals surface area contributed by atoms with Crippen LogP contribution in [0.5, 0.6) is 0 Å². The summed E-state index contributed by atoms with van der Waals surface area (Å²) in [5.74, 6) is 0. The van der Waals surface area contributed by atoms with Crippen LogP contribution < -0.4 is 0 Å². The number of nitrogens with zero attached hydrogens (tertiary/aromatic N) is 2. The van der Waals surface area contributed by atoms with Crippen LogP contribution in [0.25, 0.3) is 0 Å². The van der Waals surface area contributed by atoms with Crippen molar-refractivity contribution in [2.75, 3.05) is 55.4 Å². The molecule has 276 valence electrons. The fourth-order valence-electron chi connectivity index (χ4n) is 5.56. The standard InChI is InChI=1S/2C19H42N.H2O3S2/c2*1-5-6-7-8-9-10-11-12-13-14-15-16-17-18-19-20(2,3)4;1-5(2,3)4/h2*5-19H2,1-4H3;(H2,1,2,3,4)/q2*+1;/p-2. The minimum absolute atomic E-state index is 1.12. The second kappa shape index (κ2) is 35.5. The van der Waals surface area contributed by atoms with Crippen LogP contribution in [-0.4, -0.2) is 77.3 Å². The van der Waals surface area contributed by atoms with Crippen LogP contribution in [0.3, 0.4) is 0 Å². The Labute approximate surface area is 290 Å². The average molecular weight is 681 g/mol. The first kappa shape index (κ1) is 49.6. The Morgan fingerprint density at radius 2 is 0.511 bits per heavy atom. The van der Waals surface area contributed by atoms with E-state index in [0.29, 0.717) is 0 Å². The van der Waals surface area contributed by atoms with Gasteiger partial charge >= 0.3 is 0 Å². The number of quaternary nitrogens is 2. The highest BCUT2D eigenvalue weighted by Crippen LogP contribution is 2.14. The Hall–Kier alpha value is 0.180.